The molecule has 4 aliphatic rings. The molecule has 2 heteroatoms. The summed E-state index contributed by atoms with van der Waals surface area (Å²) in [7, 11) is 0. The van der Waals surface area contributed by atoms with Crippen LogP contribution < -0.4 is 0 Å². The zero-order chi connectivity index (χ0) is 15.5. The molecule has 4 rings (SSSR count). The summed E-state index contributed by atoms with van der Waals surface area (Å²) in [4.78, 5) is 0. The summed E-state index contributed by atoms with van der Waals surface area (Å²) in [5.74, 6) is 3.51. The third-order valence-electron chi connectivity index (χ3n) is 8.75. The number of fused-ring (bicyclic) bond motifs is 5. The standard InChI is InChI=1S/C20H31NO/c1-19-10-9-17-15(16(19)7-8-18(19)22)6-5-14-4-3-13(12-21)11-20(14,17)2/h13-18,22H,3-11H2,1-2H3/t13-,14?,15-,16-,17-,18-,19-,20-/m0/s1. The molecule has 0 saturated heterocycles. The highest BCUT2D eigenvalue weighted by molar-refractivity contribution is 5.10. The molecule has 4 fully saturated rings. The maximum Gasteiger partial charge on any atom is 0.0655 e. The molecule has 0 aromatic rings. The van der Waals surface area contributed by atoms with Crippen molar-refractivity contribution in [2.45, 2.75) is 77.7 Å². The van der Waals surface area contributed by atoms with E-state index in [4.69, 9.17) is 0 Å². The third-order valence-corrected chi connectivity index (χ3v) is 8.75. The normalized spacial score (nSPS) is 57.4. The van der Waals surface area contributed by atoms with Crippen molar-refractivity contribution in [1.29, 1.82) is 5.26 Å². The van der Waals surface area contributed by atoms with Gasteiger partial charge in [-0.25, -0.2) is 0 Å². The molecule has 0 heterocycles. The maximum absolute atomic E-state index is 10.5. The van der Waals surface area contributed by atoms with E-state index in [1.54, 1.807) is 0 Å². The van der Waals surface area contributed by atoms with Gasteiger partial charge in [0.15, 0.2) is 0 Å². The lowest BCUT2D eigenvalue weighted by Gasteiger charge is -2.60. The van der Waals surface area contributed by atoms with Crippen LogP contribution in [0.2, 0.25) is 0 Å². The Balaban J connectivity index is 1.64. The molecule has 4 aliphatic carbocycles. The van der Waals surface area contributed by atoms with Gasteiger partial charge < -0.3 is 5.11 Å². The molecule has 4 saturated carbocycles. The monoisotopic (exact) mass is 301 g/mol. The Bertz CT molecular complexity index is 496. The maximum atomic E-state index is 10.5. The first-order chi connectivity index (χ1) is 10.5. The highest BCUT2D eigenvalue weighted by atomic mass is 16.3. The Hall–Kier alpha value is -0.550. The Morgan fingerprint density at radius 3 is 2.41 bits per heavy atom. The van der Waals surface area contributed by atoms with Crippen molar-refractivity contribution < 1.29 is 5.11 Å². The predicted molar refractivity (Wildman–Crippen MR) is 86.8 cm³/mol. The van der Waals surface area contributed by atoms with Crippen molar-refractivity contribution in [2.24, 2.45) is 40.4 Å². The summed E-state index contributed by atoms with van der Waals surface area (Å²) in [6.07, 6.45) is 11.0. The van der Waals surface area contributed by atoms with Crippen molar-refractivity contribution in [3.05, 3.63) is 0 Å². The van der Waals surface area contributed by atoms with Gasteiger partial charge in [0.2, 0.25) is 0 Å². The van der Waals surface area contributed by atoms with Crippen molar-refractivity contribution >= 4 is 0 Å². The predicted octanol–water partition coefficient (Wildman–Crippen LogP) is 4.53. The lowest BCUT2D eigenvalue weighted by molar-refractivity contribution is -0.125. The Kier molecular flexibility index (Phi) is 3.39. The highest BCUT2D eigenvalue weighted by Gasteiger charge is 2.60. The van der Waals surface area contributed by atoms with E-state index in [1.807, 2.05) is 0 Å². The van der Waals surface area contributed by atoms with Gasteiger partial charge in [0.25, 0.3) is 0 Å². The van der Waals surface area contributed by atoms with Gasteiger partial charge in [0, 0.05) is 5.92 Å². The van der Waals surface area contributed by atoms with Crippen LogP contribution in [0.4, 0.5) is 0 Å². The highest BCUT2D eigenvalue weighted by Crippen LogP contribution is 2.66. The number of aliphatic hydroxyl groups is 1. The molecule has 0 amide bonds. The smallest absolute Gasteiger partial charge is 0.0655 e. The first-order valence-corrected chi connectivity index (χ1v) is 9.56. The van der Waals surface area contributed by atoms with Gasteiger partial charge in [-0.05, 0) is 92.3 Å². The average molecular weight is 301 g/mol. The van der Waals surface area contributed by atoms with Crippen LogP contribution in [0.3, 0.4) is 0 Å². The van der Waals surface area contributed by atoms with Crippen molar-refractivity contribution in [3.63, 3.8) is 0 Å². The minimum atomic E-state index is -0.0674. The Morgan fingerprint density at radius 2 is 1.64 bits per heavy atom. The van der Waals surface area contributed by atoms with Gasteiger partial charge in [-0.15, -0.1) is 0 Å². The second-order valence-electron chi connectivity index (χ2n) is 9.40. The fraction of sp³-hybridized carbons (Fsp3) is 0.950. The van der Waals surface area contributed by atoms with E-state index in [-0.39, 0.29) is 11.5 Å². The summed E-state index contributed by atoms with van der Waals surface area (Å²) >= 11 is 0. The molecule has 0 aromatic carbocycles. The number of nitrogens with zero attached hydrogens (tertiary/aromatic N) is 1. The molecule has 22 heavy (non-hydrogen) atoms. The van der Waals surface area contributed by atoms with Gasteiger partial charge in [-0.3, -0.25) is 0 Å². The summed E-state index contributed by atoms with van der Waals surface area (Å²) in [5.41, 5.74) is 0.587. The summed E-state index contributed by atoms with van der Waals surface area (Å²) in [5, 5.41) is 19.9. The van der Waals surface area contributed by atoms with E-state index in [9.17, 15) is 10.4 Å². The van der Waals surface area contributed by atoms with E-state index in [1.165, 1.54) is 38.5 Å². The topological polar surface area (TPSA) is 44.0 Å². The minimum Gasteiger partial charge on any atom is -0.393 e. The first-order valence-electron chi connectivity index (χ1n) is 9.56. The van der Waals surface area contributed by atoms with Crippen molar-refractivity contribution in [2.75, 3.05) is 0 Å². The lowest BCUT2D eigenvalue weighted by atomic mass is 9.44. The van der Waals surface area contributed by atoms with Gasteiger partial charge in [-0.1, -0.05) is 13.8 Å². The summed E-state index contributed by atoms with van der Waals surface area (Å²) in [6, 6.07) is 2.58. The SMILES string of the molecule is C[C@]12CC[C@H]3[C@@H](CCC4CC[C@H](C#N)C[C@@]43C)[C@@H]1CC[C@@H]2O. The van der Waals surface area contributed by atoms with Crippen LogP contribution in [0.5, 0.6) is 0 Å². The quantitative estimate of drug-likeness (QED) is 0.714. The van der Waals surface area contributed by atoms with Gasteiger partial charge in [0.05, 0.1) is 12.2 Å². The van der Waals surface area contributed by atoms with E-state index >= 15 is 0 Å². The number of hydrogen-bond acceptors (Lipinski definition) is 2. The molecule has 122 valence electrons. The van der Waals surface area contributed by atoms with E-state index in [0.717, 1.165) is 42.9 Å². The van der Waals surface area contributed by atoms with Gasteiger partial charge >= 0.3 is 0 Å². The zero-order valence-electron chi connectivity index (χ0n) is 14.2. The van der Waals surface area contributed by atoms with Crippen molar-refractivity contribution in [1.82, 2.24) is 0 Å². The van der Waals surface area contributed by atoms with Crippen LogP contribution in [-0.4, -0.2) is 11.2 Å². The minimum absolute atomic E-state index is 0.0674. The third kappa shape index (κ3) is 1.87. The molecule has 0 radical (unpaired) electrons. The number of aliphatic hydroxyl groups excluding tert-OH is 1. The van der Waals surface area contributed by atoms with E-state index in [0.29, 0.717) is 11.3 Å². The molecular formula is C20H31NO. The molecule has 0 aliphatic heterocycles. The van der Waals surface area contributed by atoms with Crippen LogP contribution in [0.1, 0.15) is 71.6 Å². The second kappa shape index (κ2) is 4.97. The van der Waals surface area contributed by atoms with Crippen LogP contribution >= 0.6 is 0 Å². The lowest BCUT2D eigenvalue weighted by Crippen LogP contribution is -2.54. The first kappa shape index (κ1) is 15.0. The zero-order valence-corrected chi connectivity index (χ0v) is 14.2. The van der Waals surface area contributed by atoms with Gasteiger partial charge in [0.1, 0.15) is 0 Å². The molecule has 1 unspecified atom stereocenters. The summed E-state index contributed by atoms with van der Waals surface area (Å²) in [6.45, 7) is 4.88. The Labute approximate surface area is 135 Å². The van der Waals surface area contributed by atoms with Crippen LogP contribution in [0.25, 0.3) is 0 Å². The molecule has 0 bridgehead atoms. The molecule has 8 atom stereocenters. The number of nitriles is 1. The second-order valence-corrected chi connectivity index (χ2v) is 9.40. The number of hydrogen-bond donors (Lipinski definition) is 1. The van der Waals surface area contributed by atoms with Crippen LogP contribution in [0, 0.1) is 51.8 Å². The van der Waals surface area contributed by atoms with Crippen LogP contribution in [0.15, 0.2) is 0 Å². The summed E-state index contributed by atoms with van der Waals surface area (Å²) < 4.78 is 0. The fourth-order valence-corrected chi connectivity index (χ4v) is 7.45. The molecule has 2 nitrogen and oxygen atoms in total. The van der Waals surface area contributed by atoms with E-state index < -0.39 is 0 Å². The van der Waals surface area contributed by atoms with Crippen molar-refractivity contribution in [3.8, 4) is 6.07 Å². The molecular weight excluding hydrogens is 270 g/mol. The fourth-order valence-electron chi connectivity index (χ4n) is 7.45. The largest absolute Gasteiger partial charge is 0.393 e. The molecule has 0 spiro atoms. The average Bonchev–Trinajstić information content (AvgIpc) is 2.81. The Morgan fingerprint density at radius 1 is 0.909 bits per heavy atom. The number of rotatable bonds is 0. The van der Waals surface area contributed by atoms with Gasteiger partial charge in [-0.2, -0.15) is 5.26 Å². The van der Waals surface area contributed by atoms with Crippen LogP contribution in [-0.2, 0) is 0 Å². The molecule has 0 aromatic heterocycles. The van der Waals surface area contributed by atoms with E-state index in [2.05, 4.69) is 19.9 Å². The molecule has 1 N–H and O–H groups in total.